The Labute approximate surface area is 87.0 Å². The molecule has 0 amide bonds. The molecule has 1 aliphatic rings. The minimum Gasteiger partial charge on any atom is -0.308 e. The van der Waals surface area contributed by atoms with Gasteiger partial charge in [0.15, 0.2) is 0 Å². The predicted octanol–water partition coefficient (Wildman–Crippen LogP) is 1.58. The van der Waals surface area contributed by atoms with Gasteiger partial charge in [-0.05, 0) is 31.7 Å². The van der Waals surface area contributed by atoms with Crippen LogP contribution in [0.4, 0.5) is 0 Å². The van der Waals surface area contributed by atoms with Gasteiger partial charge in [0.2, 0.25) is 0 Å². The third kappa shape index (κ3) is 2.82. The molecule has 0 aromatic heterocycles. The molecule has 0 aromatic rings. The van der Waals surface area contributed by atoms with E-state index in [9.17, 15) is 0 Å². The third-order valence-corrected chi connectivity index (χ3v) is 2.54. The van der Waals surface area contributed by atoms with Crippen molar-refractivity contribution in [3.8, 4) is 0 Å². The fourth-order valence-corrected chi connectivity index (χ4v) is 1.82. The molecule has 0 bridgehead atoms. The van der Waals surface area contributed by atoms with Crippen LogP contribution in [-0.4, -0.2) is 38.1 Å². The lowest BCUT2D eigenvalue weighted by Crippen LogP contribution is -2.42. The summed E-state index contributed by atoms with van der Waals surface area (Å²) in [6.45, 7) is 9.65. The highest BCUT2D eigenvalue weighted by Crippen LogP contribution is 2.18. The average Bonchev–Trinajstić information content (AvgIpc) is 2.16. The number of allylic oxidation sites excluding steroid dienone is 1. The molecule has 0 radical (unpaired) electrons. The van der Waals surface area contributed by atoms with Crippen molar-refractivity contribution in [3.63, 3.8) is 0 Å². The zero-order chi connectivity index (χ0) is 10.6. The van der Waals surface area contributed by atoms with Crippen LogP contribution in [0.5, 0.6) is 0 Å². The predicted molar refractivity (Wildman–Crippen MR) is 62.4 cm³/mol. The Hall–Kier alpha value is -0.860. The van der Waals surface area contributed by atoms with Gasteiger partial charge in [0.05, 0.1) is 0 Å². The van der Waals surface area contributed by atoms with Gasteiger partial charge in [0.25, 0.3) is 0 Å². The van der Waals surface area contributed by atoms with Crippen molar-refractivity contribution in [2.75, 3.05) is 27.2 Å². The first-order valence-corrected chi connectivity index (χ1v) is 5.02. The molecule has 0 spiro atoms. The molecule has 2 heteroatoms. The highest BCUT2D eigenvalue weighted by molar-refractivity contribution is 5.35. The summed E-state index contributed by atoms with van der Waals surface area (Å²) < 4.78 is 0. The van der Waals surface area contributed by atoms with Crippen LogP contribution in [0.3, 0.4) is 0 Å². The molecule has 78 valence electrons. The fourth-order valence-electron chi connectivity index (χ4n) is 1.82. The zero-order valence-electron chi connectivity index (χ0n) is 9.21. The van der Waals surface area contributed by atoms with Gasteiger partial charge in [-0.3, -0.25) is 0 Å². The van der Waals surface area contributed by atoms with E-state index < -0.39 is 0 Å². The van der Waals surface area contributed by atoms with Gasteiger partial charge in [-0.2, -0.15) is 0 Å². The largest absolute Gasteiger partial charge is 0.308 e. The second kappa shape index (κ2) is 5.13. The molecule has 0 saturated heterocycles. The standard InChI is InChI=1S/C12H20N2/c1-5-10-7-12(9-14(3)4)13-8-11(10)6-2/h5-6,12-13H,1-2,7-9H2,3-4H3. The molecule has 0 aromatic carbocycles. The van der Waals surface area contributed by atoms with Crippen molar-refractivity contribution in [2.45, 2.75) is 12.5 Å². The molecule has 1 heterocycles. The van der Waals surface area contributed by atoms with E-state index in [0.29, 0.717) is 6.04 Å². The van der Waals surface area contributed by atoms with Crippen molar-refractivity contribution in [1.82, 2.24) is 10.2 Å². The van der Waals surface area contributed by atoms with Gasteiger partial charge in [-0.25, -0.2) is 0 Å². The third-order valence-electron chi connectivity index (χ3n) is 2.54. The summed E-state index contributed by atoms with van der Waals surface area (Å²) in [6, 6.07) is 0.543. The Morgan fingerprint density at radius 3 is 2.50 bits per heavy atom. The summed E-state index contributed by atoms with van der Waals surface area (Å²) in [4.78, 5) is 2.21. The normalized spacial score (nSPS) is 22.6. The molecular weight excluding hydrogens is 172 g/mol. The van der Waals surface area contributed by atoms with E-state index in [2.05, 4.69) is 37.5 Å². The van der Waals surface area contributed by atoms with Crippen molar-refractivity contribution >= 4 is 0 Å². The summed E-state index contributed by atoms with van der Waals surface area (Å²) in [5.74, 6) is 0. The molecule has 1 atom stereocenters. The van der Waals surface area contributed by atoms with E-state index in [0.717, 1.165) is 19.5 Å². The van der Waals surface area contributed by atoms with E-state index in [1.54, 1.807) is 0 Å². The van der Waals surface area contributed by atoms with Crippen LogP contribution >= 0.6 is 0 Å². The quantitative estimate of drug-likeness (QED) is 0.727. The summed E-state index contributed by atoms with van der Waals surface area (Å²) in [7, 11) is 4.20. The molecule has 0 fully saturated rings. The van der Waals surface area contributed by atoms with E-state index >= 15 is 0 Å². The molecular formula is C12H20N2. The maximum Gasteiger partial charge on any atom is 0.0238 e. The second-order valence-electron chi connectivity index (χ2n) is 4.00. The summed E-state index contributed by atoms with van der Waals surface area (Å²) in [5.41, 5.74) is 2.63. The Bertz CT molecular complexity index is 251. The zero-order valence-corrected chi connectivity index (χ0v) is 9.21. The Balaban J connectivity index is 2.64. The lowest BCUT2D eigenvalue weighted by atomic mass is 9.95. The topological polar surface area (TPSA) is 15.3 Å². The monoisotopic (exact) mass is 192 g/mol. The van der Waals surface area contributed by atoms with Crippen LogP contribution in [-0.2, 0) is 0 Å². The minimum absolute atomic E-state index is 0.543. The number of nitrogens with zero attached hydrogens (tertiary/aromatic N) is 1. The van der Waals surface area contributed by atoms with Gasteiger partial charge in [0.1, 0.15) is 0 Å². The van der Waals surface area contributed by atoms with E-state index in [-0.39, 0.29) is 0 Å². The lowest BCUT2D eigenvalue weighted by molar-refractivity contribution is 0.335. The van der Waals surface area contributed by atoms with Crippen LogP contribution < -0.4 is 5.32 Å². The number of hydrogen-bond donors (Lipinski definition) is 1. The van der Waals surface area contributed by atoms with Crippen molar-refractivity contribution in [2.24, 2.45) is 0 Å². The second-order valence-corrected chi connectivity index (χ2v) is 4.00. The molecule has 1 rings (SSSR count). The Morgan fingerprint density at radius 2 is 2.00 bits per heavy atom. The number of rotatable bonds is 4. The maximum absolute atomic E-state index is 3.85. The number of hydrogen-bond acceptors (Lipinski definition) is 2. The highest BCUT2D eigenvalue weighted by Gasteiger charge is 2.17. The summed E-state index contributed by atoms with van der Waals surface area (Å²) in [5, 5.41) is 3.50. The SMILES string of the molecule is C=CC1=C(C=C)CC(CN(C)C)NC1. The Morgan fingerprint density at radius 1 is 1.36 bits per heavy atom. The lowest BCUT2D eigenvalue weighted by Gasteiger charge is -2.28. The maximum atomic E-state index is 3.85. The smallest absolute Gasteiger partial charge is 0.0238 e. The molecule has 1 unspecified atom stereocenters. The molecule has 2 nitrogen and oxygen atoms in total. The van der Waals surface area contributed by atoms with Crippen molar-refractivity contribution in [1.29, 1.82) is 0 Å². The molecule has 1 N–H and O–H groups in total. The number of nitrogens with one attached hydrogen (secondary N) is 1. The number of likely N-dealkylation sites (N-methyl/N-ethyl adjacent to an activating group) is 1. The Kier molecular flexibility index (Phi) is 4.11. The first-order valence-electron chi connectivity index (χ1n) is 5.02. The van der Waals surface area contributed by atoms with Crippen LogP contribution in [0.25, 0.3) is 0 Å². The first kappa shape index (κ1) is 11.2. The summed E-state index contributed by atoms with van der Waals surface area (Å²) in [6.07, 6.45) is 4.94. The fraction of sp³-hybridized carbons (Fsp3) is 0.500. The summed E-state index contributed by atoms with van der Waals surface area (Å²) >= 11 is 0. The molecule has 0 aliphatic carbocycles. The average molecular weight is 192 g/mol. The van der Waals surface area contributed by atoms with Crippen molar-refractivity contribution < 1.29 is 0 Å². The van der Waals surface area contributed by atoms with Crippen LogP contribution in [0.15, 0.2) is 36.5 Å². The van der Waals surface area contributed by atoms with E-state index in [1.165, 1.54) is 11.1 Å². The van der Waals surface area contributed by atoms with Crippen LogP contribution in [0.1, 0.15) is 6.42 Å². The van der Waals surface area contributed by atoms with Gasteiger partial charge in [0, 0.05) is 19.1 Å². The van der Waals surface area contributed by atoms with E-state index in [1.807, 2.05) is 12.2 Å². The molecule has 1 aliphatic heterocycles. The minimum atomic E-state index is 0.543. The van der Waals surface area contributed by atoms with Crippen LogP contribution in [0.2, 0.25) is 0 Å². The van der Waals surface area contributed by atoms with E-state index in [4.69, 9.17) is 0 Å². The van der Waals surface area contributed by atoms with Gasteiger partial charge < -0.3 is 10.2 Å². The van der Waals surface area contributed by atoms with Crippen LogP contribution in [0, 0.1) is 0 Å². The highest BCUT2D eigenvalue weighted by atomic mass is 15.1. The van der Waals surface area contributed by atoms with Gasteiger partial charge in [-0.1, -0.05) is 25.3 Å². The van der Waals surface area contributed by atoms with Gasteiger partial charge >= 0.3 is 0 Å². The van der Waals surface area contributed by atoms with Crippen molar-refractivity contribution in [3.05, 3.63) is 36.5 Å². The first-order chi connectivity index (χ1) is 6.67. The molecule has 14 heavy (non-hydrogen) atoms. The molecule has 0 saturated carbocycles. The van der Waals surface area contributed by atoms with Gasteiger partial charge in [-0.15, -0.1) is 0 Å².